The molecule has 3 heterocycles. The second-order valence-electron chi connectivity index (χ2n) is 8.30. The molecule has 1 aliphatic heterocycles. The van der Waals surface area contributed by atoms with Crippen LogP contribution in [0.3, 0.4) is 0 Å². The molecule has 1 aromatic carbocycles. The number of rotatable bonds is 4. The Labute approximate surface area is 186 Å². The Balaban J connectivity index is 1.62. The molecule has 2 aromatic heterocycles. The number of nitrogens with zero attached hydrogens (tertiary/aromatic N) is 5. The third-order valence-corrected chi connectivity index (χ3v) is 6.08. The van der Waals surface area contributed by atoms with Crippen LogP contribution in [-0.4, -0.2) is 46.1 Å². The van der Waals surface area contributed by atoms with Crippen molar-refractivity contribution < 1.29 is 9.13 Å². The Morgan fingerprint density at radius 2 is 1.97 bits per heavy atom. The van der Waals surface area contributed by atoms with Crippen molar-refractivity contribution in [1.29, 1.82) is 0 Å². The third kappa shape index (κ3) is 3.84. The van der Waals surface area contributed by atoms with Crippen LogP contribution in [0.2, 0.25) is 0 Å². The van der Waals surface area contributed by atoms with E-state index in [9.17, 15) is 4.39 Å². The van der Waals surface area contributed by atoms with Gasteiger partial charge in [0, 0.05) is 43.9 Å². The zero-order chi connectivity index (χ0) is 22.2. The predicted octanol–water partition coefficient (Wildman–Crippen LogP) is 3.44. The van der Waals surface area contributed by atoms with E-state index >= 15 is 0 Å². The maximum absolute atomic E-state index is 14.4. The fraction of sp³-hybridized carbons (Fsp3) is 0.391. The van der Waals surface area contributed by atoms with E-state index in [-0.39, 0.29) is 17.9 Å². The lowest BCUT2D eigenvalue weighted by Crippen LogP contribution is -2.28. The van der Waals surface area contributed by atoms with Crippen molar-refractivity contribution in [3.63, 3.8) is 0 Å². The van der Waals surface area contributed by atoms with Gasteiger partial charge in [-0.05, 0) is 49.4 Å². The number of benzene rings is 1. The van der Waals surface area contributed by atoms with E-state index in [2.05, 4.69) is 20.2 Å². The molecule has 5 rings (SSSR count). The van der Waals surface area contributed by atoms with Crippen LogP contribution in [0.4, 0.5) is 15.9 Å². The predicted molar refractivity (Wildman–Crippen MR) is 121 cm³/mol. The SMILES string of the molecule is CNc1cc(F)cc2c1Cc1nc(Oc3cnc(C)nc3)nc(N3CCCC(N)CC3)c1-2. The molecule has 8 nitrogen and oxygen atoms in total. The highest BCUT2D eigenvalue weighted by Crippen LogP contribution is 2.45. The topological polar surface area (TPSA) is 102 Å². The fourth-order valence-electron chi connectivity index (χ4n) is 4.46. The molecular formula is C23H26FN7O. The summed E-state index contributed by atoms with van der Waals surface area (Å²) in [5, 5.41) is 3.11. The van der Waals surface area contributed by atoms with E-state index in [0.717, 1.165) is 66.2 Å². The molecule has 9 heteroatoms. The number of hydrogen-bond acceptors (Lipinski definition) is 8. The molecule has 0 bridgehead atoms. The zero-order valence-electron chi connectivity index (χ0n) is 18.2. The number of anilines is 2. The van der Waals surface area contributed by atoms with Crippen molar-refractivity contribution in [2.75, 3.05) is 30.4 Å². The lowest BCUT2D eigenvalue weighted by Gasteiger charge is -2.24. The lowest BCUT2D eigenvalue weighted by atomic mass is 10.0. The Bertz CT molecular complexity index is 1150. The number of aromatic nitrogens is 4. The minimum Gasteiger partial charge on any atom is -0.421 e. The van der Waals surface area contributed by atoms with Crippen LogP contribution < -0.4 is 20.7 Å². The second kappa shape index (κ2) is 8.31. The van der Waals surface area contributed by atoms with Gasteiger partial charge in [-0.3, -0.25) is 0 Å². The van der Waals surface area contributed by atoms with Gasteiger partial charge in [-0.25, -0.2) is 14.4 Å². The summed E-state index contributed by atoms with van der Waals surface area (Å²) in [6.45, 7) is 3.42. The van der Waals surface area contributed by atoms with Gasteiger partial charge >= 0.3 is 6.01 Å². The number of nitrogens with one attached hydrogen (secondary N) is 1. The van der Waals surface area contributed by atoms with Crippen LogP contribution in [0, 0.1) is 12.7 Å². The summed E-state index contributed by atoms with van der Waals surface area (Å²) in [5.41, 5.74) is 10.5. The molecule has 3 aromatic rings. The zero-order valence-corrected chi connectivity index (χ0v) is 18.2. The Morgan fingerprint density at radius 3 is 2.75 bits per heavy atom. The normalized spacial score (nSPS) is 17.5. The molecule has 2 aliphatic rings. The molecule has 0 amide bonds. The summed E-state index contributed by atoms with van der Waals surface area (Å²) in [4.78, 5) is 20.1. The van der Waals surface area contributed by atoms with Gasteiger partial charge < -0.3 is 20.7 Å². The summed E-state index contributed by atoms with van der Waals surface area (Å²) < 4.78 is 20.4. The largest absolute Gasteiger partial charge is 0.421 e. The monoisotopic (exact) mass is 435 g/mol. The molecule has 166 valence electrons. The molecule has 3 N–H and O–H groups in total. The number of ether oxygens (including phenoxy) is 1. The molecule has 1 aliphatic carbocycles. The number of nitrogens with two attached hydrogens (primary N) is 1. The van der Waals surface area contributed by atoms with Gasteiger partial charge in [0.15, 0.2) is 5.75 Å². The fourth-order valence-corrected chi connectivity index (χ4v) is 4.46. The first-order valence-electron chi connectivity index (χ1n) is 10.9. The van der Waals surface area contributed by atoms with Crippen LogP contribution in [-0.2, 0) is 6.42 Å². The van der Waals surface area contributed by atoms with E-state index in [0.29, 0.717) is 18.0 Å². The molecule has 0 spiro atoms. The van der Waals surface area contributed by atoms with Gasteiger partial charge in [0.05, 0.1) is 18.1 Å². The third-order valence-electron chi connectivity index (χ3n) is 6.08. The maximum Gasteiger partial charge on any atom is 0.324 e. The van der Waals surface area contributed by atoms with Gasteiger partial charge in [0.1, 0.15) is 17.5 Å². The van der Waals surface area contributed by atoms with Crippen LogP contribution in [0.25, 0.3) is 11.1 Å². The average Bonchev–Trinajstić information content (AvgIpc) is 3.00. The van der Waals surface area contributed by atoms with Gasteiger partial charge in [-0.15, -0.1) is 0 Å². The van der Waals surface area contributed by atoms with Crippen LogP contribution in [0.1, 0.15) is 36.3 Å². The second-order valence-corrected chi connectivity index (χ2v) is 8.30. The number of fused-ring (bicyclic) bond motifs is 3. The molecule has 0 saturated carbocycles. The minimum absolute atomic E-state index is 0.177. The smallest absolute Gasteiger partial charge is 0.324 e. The van der Waals surface area contributed by atoms with Crippen LogP contribution in [0.15, 0.2) is 24.5 Å². The quantitative estimate of drug-likeness (QED) is 0.503. The molecule has 1 unspecified atom stereocenters. The van der Waals surface area contributed by atoms with Crippen molar-refractivity contribution in [1.82, 2.24) is 19.9 Å². The van der Waals surface area contributed by atoms with Crippen molar-refractivity contribution in [2.24, 2.45) is 5.73 Å². The molecule has 1 fully saturated rings. The summed E-state index contributed by atoms with van der Waals surface area (Å²) >= 11 is 0. The number of hydrogen-bond donors (Lipinski definition) is 2. The summed E-state index contributed by atoms with van der Waals surface area (Å²) in [6.07, 6.45) is 6.60. The molecule has 1 atom stereocenters. The van der Waals surface area contributed by atoms with E-state index in [4.69, 9.17) is 20.4 Å². The van der Waals surface area contributed by atoms with Crippen molar-refractivity contribution in [3.8, 4) is 22.9 Å². The molecule has 1 saturated heterocycles. The molecule has 32 heavy (non-hydrogen) atoms. The van der Waals surface area contributed by atoms with Crippen molar-refractivity contribution in [3.05, 3.63) is 47.4 Å². The maximum atomic E-state index is 14.4. The van der Waals surface area contributed by atoms with Crippen molar-refractivity contribution in [2.45, 2.75) is 38.6 Å². The highest BCUT2D eigenvalue weighted by atomic mass is 19.1. The number of halogens is 1. The lowest BCUT2D eigenvalue weighted by molar-refractivity contribution is 0.435. The van der Waals surface area contributed by atoms with E-state index in [1.54, 1.807) is 25.5 Å². The standard InChI is InChI=1S/C23H26FN7O/c1-13-27-11-16(12-28-13)32-23-29-20-10-17-18(8-14(24)9-19(17)26-2)21(20)22(30-23)31-6-3-4-15(25)5-7-31/h8-9,11-12,15,26H,3-7,10,25H2,1-2H3. The van der Waals surface area contributed by atoms with Gasteiger partial charge in [-0.1, -0.05) is 0 Å². The summed E-state index contributed by atoms with van der Waals surface area (Å²) in [7, 11) is 1.80. The first-order valence-corrected chi connectivity index (χ1v) is 10.9. The van der Waals surface area contributed by atoms with E-state index in [1.165, 1.54) is 6.07 Å². The Morgan fingerprint density at radius 1 is 1.16 bits per heavy atom. The van der Waals surface area contributed by atoms with Gasteiger partial charge in [0.25, 0.3) is 0 Å². The van der Waals surface area contributed by atoms with Gasteiger partial charge in [-0.2, -0.15) is 9.97 Å². The van der Waals surface area contributed by atoms with Gasteiger partial charge in [0.2, 0.25) is 0 Å². The average molecular weight is 436 g/mol. The van der Waals surface area contributed by atoms with Crippen molar-refractivity contribution >= 4 is 11.5 Å². The molecular weight excluding hydrogens is 409 g/mol. The Hall–Kier alpha value is -3.33. The van der Waals surface area contributed by atoms with Crippen LogP contribution in [0.5, 0.6) is 11.8 Å². The molecule has 0 radical (unpaired) electrons. The highest BCUT2D eigenvalue weighted by molar-refractivity contribution is 5.88. The van der Waals surface area contributed by atoms with E-state index in [1.807, 2.05) is 6.92 Å². The highest BCUT2D eigenvalue weighted by Gasteiger charge is 2.31. The van der Waals surface area contributed by atoms with E-state index < -0.39 is 0 Å². The Kier molecular flexibility index (Phi) is 5.34. The summed E-state index contributed by atoms with van der Waals surface area (Å²) in [5.74, 6) is 1.60. The first kappa shape index (κ1) is 20.6. The van der Waals surface area contributed by atoms with Crippen LogP contribution >= 0.6 is 0 Å². The number of aryl methyl sites for hydroxylation is 1. The summed E-state index contributed by atoms with van der Waals surface area (Å²) in [6, 6.07) is 3.51. The minimum atomic E-state index is -0.290. The first-order chi connectivity index (χ1) is 15.5.